The second kappa shape index (κ2) is 7.69. The third kappa shape index (κ3) is 3.54. The van der Waals surface area contributed by atoms with E-state index in [1.165, 1.54) is 10.8 Å². The zero-order valence-corrected chi connectivity index (χ0v) is 14.3. The van der Waals surface area contributed by atoms with Gasteiger partial charge in [-0.2, -0.15) is 24.3 Å². The summed E-state index contributed by atoms with van der Waals surface area (Å²) in [6.45, 7) is 6.01. The van der Waals surface area contributed by atoms with Crippen LogP contribution in [0, 0.1) is 13.0 Å². The van der Waals surface area contributed by atoms with Gasteiger partial charge in [-0.3, -0.25) is 4.98 Å². The Morgan fingerprint density at radius 2 is 1.93 bits per heavy atom. The predicted octanol–water partition coefficient (Wildman–Crippen LogP) is 0.374. The van der Waals surface area contributed by atoms with Crippen LogP contribution in [0.5, 0.6) is 0 Å². The van der Waals surface area contributed by atoms with Crippen molar-refractivity contribution < 1.29 is 58.2 Å². The maximum Gasteiger partial charge on any atom is 1.00 e. The summed E-state index contributed by atoms with van der Waals surface area (Å²) in [5.41, 5.74) is 1.07. The van der Waals surface area contributed by atoms with Crippen LogP contribution < -0.4 is 58.2 Å². The molecule has 0 saturated heterocycles. The van der Waals surface area contributed by atoms with Crippen LogP contribution in [-0.2, 0) is 0 Å². The Kier molecular flexibility index (Phi) is 7.93. The van der Waals surface area contributed by atoms with Crippen LogP contribution in [0.1, 0.15) is 19.5 Å². The molecule has 2 aromatic rings. The van der Waals surface area contributed by atoms with Crippen LogP contribution >= 0.6 is 0 Å². The Morgan fingerprint density at radius 1 is 1.21 bits per heavy atom. The van der Waals surface area contributed by atoms with Gasteiger partial charge in [-0.1, -0.05) is 19.9 Å². The molecular weight excluding hydrogens is 244 g/mol. The van der Waals surface area contributed by atoms with Gasteiger partial charge in [0.25, 0.3) is 0 Å². The Morgan fingerprint density at radius 3 is 2.57 bits per heavy atom. The molecule has 0 saturated carbocycles. The van der Waals surface area contributed by atoms with Crippen molar-refractivity contribution in [3.05, 3.63) is 42.2 Å². The fourth-order valence-electron chi connectivity index (χ4n) is 1.20. The molecule has 0 fully saturated rings. The number of hydrogen-bond donors (Lipinski definition) is 0. The number of pyridine rings is 1. The molecule has 0 bridgehead atoms. The molecular formula is C12H14NRb. The minimum absolute atomic E-state index is 0. The maximum atomic E-state index is 4.19. The predicted molar refractivity (Wildman–Crippen MR) is 56.7 cm³/mol. The van der Waals surface area contributed by atoms with Crippen molar-refractivity contribution in [1.29, 1.82) is 0 Å². The van der Waals surface area contributed by atoms with Gasteiger partial charge in [-0.15, -0.1) is 10.8 Å². The quantitative estimate of drug-likeness (QED) is 0.622. The first-order valence-electron chi connectivity index (χ1n) is 4.59. The van der Waals surface area contributed by atoms with Gasteiger partial charge in [-0.25, -0.2) is 0 Å². The van der Waals surface area contributed by atoms with Crippen molar-refractivity contribution in [2.24, 2.45) is 0 Å². The first-order chi connectivity index (χ1) is 6.38. The number of aromatic nitrogens is 1. The Balaban J connectivity index is 0.000000531. The molecule has 68 valence electrons. The fraction of sp³-hybridized carbons (Fsp3) is 0.250. The summed E-state index contributed by atoms with van der Waals surface area (Å²) in [5, 5.41) is 2.42. The molecule has 0 atom stereocenters. The molecule has 1 aromatic heterocycles. The number of fused-ring (bicyclic) bond motifs is 1. The summed E-state index contributed by atoms with van der Waals surface area (Å²) in [5.74, 6) is 0. The molecule has 0 aliphatic rings. The van der Waals surface area contributed by atoms with Gasteiger partial charge in [-0.05, 0) is 12.6 Å². The molecule has 0 N–H and O–H groups in total. The number of benzene rings is 1. The maximum absolute atomic E-state index is 4.19. The van der Waals surface area contributed by atoms with Crippen molar-refractivity contribution in [3.63, 3.8) is 0 Å². The number of hydrogen-bond acceptors (Lipinski definition) is 1. The average molecular weight is 258 g/mol. The Hall–Kier alpha value is 0.435. The van der Waals surface area contributed by atoms with E-state index < -0.39 is 0 Å². The van der Waals surface area contributed by atoms with Gasteiger partial charge in [0.2, 0.25) is 0 Å². The third-order valence-electron chi connectivity index (χ3n) is 1.81. The molecule has 14 heavy (non-hydrogen) atoms. The van der Waals surface area contributed by atoms with E-state index in [1.807, 2.05) is 51.2 Å². The first kappa shape index (κ1) is 14.4. The van der Waals surface area contributed by atoms with E-state index in [2.05, 4.69) is 11.1 Å². The second-order valence-corrected chi connectivity index (χ2v) is 2.54. The zero-order valence-electron chi connectivity index (χ0n) is 9.33. The van der Waals surface area contributed by atoms with E-state index >= 15 is 0 Å². The first-order valence-corrected chi connectivity index (χ1v) is 4.59. The summed E-state index contributed by atoms with van der Waals surface area (Å²) in [6, 6.07) is 11.0. The number of aryl methyl sites for hydroxylation is 1. The van der Waals surface area contributed by atoms with Crippen molar-refractivity contribution in [2.45, 2.75) is 20.8 Å². The molecule has 2 heteroatoms. The molecule has 0 aliphatic carbocycles. The molecule has 1 nitrogen and oxygen atoms in total. The topological polar surface area (TPSA) is 12.9 Å². The van der Waals surface area contributed by atoms with E-state index in [-0.39, 0.29) is 58.2 Å². The van der Waals surface area contributed by atoms with Crippen molar-refractivity contribution in [3.8, 4) is 0 Å². The standard InChI is InChI=1S/C10H8N.C2H6.Rb/c1-8-10-5-3-2-4-9(10)6-7-11-8;1-2;/h2,4-7H,1H3;1-2H3;/q-1;;+1. The average Bonchev–Trinajstić information content (AvgIpc) is 2.22. The largest absolute Gasteiger partial charge is 1.00 e. The van der Waals surface area contributed by atoms with Crippen LogP contribution in [-0.4, -0.2) is 4.98 Å². The van der Waals surface area contributed by atoms with E-state index in [9.17, 15) is 0 Å². The summed E-state index contributed by atoms with van der Waals surface area (Å²) in [4.78, 5) is 4.19. The summed E-state index contributed by atoms with van der Waals surface area (Å²) < 4.78 is 0. The summed E-state index contributed by atoms with van der Waals surface area (Å²) in [7, 11) is 0. The molecule has 1 heterocycles. The van der Waals surface area contributed by atoms with E-state index in [0.717, 1.165) is 5.69 Å². The molecule has 0 aliphatic heterocycles. The Bertz CT molecular complexity index is 379. The monoisotopic (exact) mass is 257 g/mol. The van der Waals surface area contributed by atoms with E-state index in [1.54, 1.807) is 0 Å². The van der Waals surface area contributed by atoms with Gasteiger partial charge in [0, 0.05) is 6.20 Å². The molecule has 1 aromatic carbocycles. The summed E-state index contributed by atoms with van der Waals surface area (Å²) in [6.07, 6.45) is 1.83. The molecule has 0 unspecified atom stereocenters. The molecule has 2 rings (SSSR count). The summed E-state index contributed by atoms with van der Waals surface area (Å²) >= 11 is 0. The van der Waals surface area contributed by atoms with Gasteiger partial charge in [0.05, 0.1) is 0 Å². The molecule has 0 radical (unpaired) electrons. The smallest absolute Gasteiger partial charge is 0.274 e. The fourth-order valence-corrected chi connectivity index (χ4v) is 1.20. The number of nitrogens with zero attached hydrogens (tertiary/aromatic N) is 1. The van der Waals surface area contributed by atoms with Crippen LogP contribution in [0.3, 0.4) is 0 Å². The van der Waals surface area contributed by atoms with Gasteiger partial charge in [0.1, 0.15) is 0 Å². The van der Waals surface area contributed by atoms with Crippen LogP contribution in [0.25, 0.3) is 10.8 Å². The minimum atomic E-state index is 0. The van der Waals surface area contributed by atoms with Gasteiger partial charge < -0.3 is 0 Å². The van der Waals surface area contributed by atoms with Crippen LogP contribution in [0.4, 0.5) is 0 Å². The minimum Gasteiger partial charge on any atom is -0.274 e. The van der Waals surface area contributed by atoms with E-state index in [4.69, 9.17) is 0 Å². The Labute approximate surface area is 135 Å². The third-order valence-corrected chi connectivity index (χ3v) is 1.81. The second-order valence-electron chi connectivity index (χ2n) is 2.54. The SMILES string of the molecule is CC.Cc1nccc2cc[c-]cc12.[Rb+]. The number of rotatable bonds is 0. The van der Waals surface area contributed by atoms with Crippen molar-refractivity contribution in [1.82, 2.24) is 4.98 Å². The van der Waals surface area contributed by atoms with Crippen molar-refractivity contribution >= 4 is 10.8 Å². The van der Waals surface area contributed by atoms with Crippen molar-refractivity contribution in [2.75, 3.05) is 0 Å². The van der Waals surface area contributed by atoms with Crippen LogP contribution in [0.15, 0.2) is 30.5 Å². The normalized spacial score (nSPS) is 8.50. The van der Waals surface area contributed by atoms with E-state index in [0.29, 0.717) is 0 Å². The molecule has 0 amide bonds. The molecule has 0 spiro atoms. The van der Waals surface area contributed by atoms with Gasteiger partial charge in [0.15, 0.2) is 0 Å². The van der Waals surface area contributed by atoms with Crippen LogP contribution in [0.2, 0.25) is 0 Å². The zero-order chi connectivity index (χ0) is 9.68. The van der Waals surface area contributed by atoms with Gasteiger partial charge >= 0.3 is 58.2 Å².